The van der Waals surface area contributed by atoms with Crippen molar-refractivity contribution in [1.82, 2.24) is 20.4 Å². The van der Waals surface area contributed by atoms with Gasteiger partial charge in [-0.2, -0.15) is 0 Å². The summed E-state index contributed by atoms with van der Waals surface area (Å²) in [4.78, 5) is 10.3. The van der Waals surface area contributed by atoms with Crippen LogP contribution in [-0.2, 0) is 4.74 Å². The van der Waals surface area contributed by atoms with Crippen molar-refractivity contribution >= 4 is 17.3 Å². The number of hydrogen-bond acceptors (Lipinski definition) is 5. The molecule has 1 aliphatic heterocycles. The van der Waals surface area contributed by atoms with E-state index in [1.807, 2.05) is 20.2 Å². The van der Waals surface area contributed by atoms with Crippen LogP contribution >= 0.6 is 11.3 Å². The predicted octanol–water partition coefficient (Wildman–Crippen LogP) is 2.73. The average Bonchev–Trinajstić information content (AvgIpc) is 3.28. The molecule has 1 aliphatic rings. The van der Waals surface area contributed by atoms with Crippen molar-refractivity contribution in [1.29, 1.82) is 0 Å². The van der Waals surface area contributed by atoms with Crippen LogP contribution in [0.4, 0.5) is 4.39 Å². The number of nitrogens with one attached hydrogen (secondary N) is 2. The van der Waals surface area contributed by atoms with Gasteiger partial charge in [-0.25, -0.2) is 4.39 Å². The van der Waals surface area contributed by atoms with E-state index >= 15 is 0 Å². The molecule has 2 unspecified atom stereocenters. The molecule has 1 aromatic carbocycles. The van der Waals surface area contributed by atoms with E-state index < -0.39 is 0 Å². The van der Waals surface area contributed by atoms with Crippen LogP contribution in [-0.4, -0.2) is 76.3 Å². The molecule has 0 aliphatic carbocycles. The summed E-state index contributed by atoms with van der Waals surface area (Å²) < 4.78 is 19.2. The second-order valence-corrected chi connectivity index (χ2v) is 8.53. The molecule has 1 aromatic heterocycles. The Balaban J connectivity index is 1.61. The number of thiophene rings is 1. The van der Waals surface area contributed by atoms with Gasteiger partial charge in [-0.15, -0.1) is 11.3 Å². The first-order chi connectivity index (χ1) is 14.6. The molecule has 6 nitrogen and oxygen atoms in total. The fourth-order valence-corrected chi connectivity index (χ4v) is 4.56. The first-order valence-electron chi connectivity index (χ1n) is 10.3. The van der Waals surface area contributed by atoms with Gasteiger partial charge in [0.25, 0.3) is 0 Å². The minimum absolute atomic E-state index is 0.0339. The Morgan fingerprint density at radius 2 is 1.97 bits per heavy atom. The molecule has 0 bridgehead atoms. The van der Waals surface area contributed by atoms with Crippen LogP contribution in [0.25, 0.3) is 0 Å². The maximum atomic E-state index is 13.7. The number of morpholine rings is 1. The van der Waals surface area contributed by atoms with Gasteiger partial charge in [0.1, 0.15) is 5.82 Å². The Labute approximate surface area is 182 Å². The minimum atomic E-state index is -0.217. The molecule has 2 aromatic rings. The zero-order valence-electron chi connectivity index (χ0n) is 18.0. The Kier molecular flexibility index (Phi) is 8.62. The Hall–Kier alpha value is -2.00. The molecule has 1 saturated heterocycles. The second-order valence-electron chi connectivity index (χ2n) is 7.55. The smallest absolute Gasteiger partial charge is 0.191 e. The number of halogens is 1. The first kappa shape index (κ1) is 22.7. The van der Waals surface area contributed by atoms with Gasteiger partial charge in [-0.3, -0.25) is 9.89 Å². The third-order valence-electron chi connectivity index (χ3n) is 5.36. The molecule has 0 amide bonds. The van der Waals surface area contributed by atoms with Crippen LogP contribution in [0.5, 0.6) is 0 Å². The lowest BCUT2D eigenvalue weighted by molar-refractivity contribution is 0.0177. The maximum Gasteiger partial charge on any atom is 0.191 e. The quantitative estimate of drug-likeness (QED) is 0.495. The van der Waals surface area contributed by atoms with Crippen LogP contribution in [0.1, 0.15) is 22.5 Å². The molecule has 8 heteroatoms. The van der Waals surface area contributed by atoms with Crippen LogP contribution in [0.3, 0.4) is 0 Å². The van der Waals surface area contributed by atoms with Crippen LogP contribution in [0.2, 0.25) is 0 Å². The van der Waals surface area contributed by atoms with Gasteiger partial charge in [0, 0.05) is 38.1 Å². The van der Waals surface area contributed by atoms with Gasteiger partial charge >= 0.3 is 0 Å². The largest absolute Gasteiger partial charge is 0.379 e. The lowest BCUT2D eigenvalue weighted by Crippen LogP contribution is -2.47. The van der Waals surface area contributed by atoms with Crippen molar-refractivity contribution in [3.05, 3.63) is 58.0 Å². The lowest BCUT2D eigenvalue weighted by atomic mass is 10.1. The molecule has 1 fully saturated rings. The molecule has 2 atom stereocenters. The van der Waals surface area contributed by atoms with Crippen molar-refractivity contribution in [3.63, 3.8) is 0 Å². The summed E-state index contributed by atoms with van der Waals surface area (Å²) in [5.74, 6) is 0.527. The summed E-state index contributed by atoms with van der Waals surface area (Å²) in [5.41, 5.74) is 0.938. The van der Waals surface area contributed by atoms with E-state index in [4.69, 9.17) is 4.74 Å². The van der Waals surface area contributed by atoms with E-state index in [0.29, 0.717) is 6.54 Å². The normalized spacial score (nSPS) is 17.7. The van der Waals surface area contributed by atoms with Gasteiger partial charge in [0.15, 0.2) is 5.96 Å². The van der Waals surface area contributed by atoms with Gasteiger partial charge < -0.3 is 20.3 Å². The SMILES string of the molecule is CN=C(NCC(c1cccc(F)c1)N(C)C)NCC(c1cccs1)N1CCOCC1. The monoisotopic (exact) mass is 433 g/mol. The molecule has 2 heterocycles. The number of benzene rings is 1. The third-order valence-corrected chi connectivity index (χ3v) is 6.34. The van der Waals surface area contributed by atoms with E-state index in [2.05, 4.69) is 42.9 Å². The summed E-state index contributed by atoms with van der Waals surface area (Å²) in [6.45, 7) is 4.78. The van der Waals surface area contributed by atoms with Gasteiger partial charge in [-0.05, 0) is 43.2 Å². The van der Waals surface area contributed by atoms with Crippen molar-refractivity contribution in [2.24, 2.45) is 4.99 Å². The highest BCUT2D eigenvalue weighted by molar-refractivity contribution is 7.10. The fourth-order valence-electron chi connectivity index (χ4n) is 3.70. The van der Waals surface area contributed by atoms with E-state index in [1.165, 1.54) is 10.9 Å². The van der Waals surface area contributed by atoms with E-state index in [-0.39, 0.29) is 17.9 Å². The van der Waals surface area contributed by atoms with Crippen molar-refractivity contribution in [2.45, 2.75) is 12.1 Å². The standard InChI is InChI=1S/C22H32FN5OS/c1-24-22(25-15-19(27(2)3)17-6-4-7-18(23)14-17)26-16-20(21-8-5-13-30-21)28-9-11-29-12-10-28/h4-8,13-14,19-20H,9-12,15-16H2,1-3H3,(H2,24,25,26). The summed E-state index contributed by atoms with van der Waals surface area (Å²) in [6, 6.07) is 11.4. The van der Waals surface area contributed by atoms with E-state index in [9.17, 15) is 4.39 Å². The van der Waals surface area contributed by atoms with Crippen LogP contribution < -0.4 is 10.6 Å². The Morgan fingerprint density at radius 3 is 2.60 bits per heavy atom. The first-order valence-corrected chi connectivity index (χ1v) is 11.2. The summed E-state index contributed by atoms with van der Waals surface area (Å²) in [5, 5.41) is 9.01. The molecule has 3 rings (SSSR count). The highest BCUT2D eigenvalue weighted by Gasteiger charge is 2.24. The molecule has 0 radical (unpaired) electrons. The highest BCUT2D eigenvalue weighted by atomic mass is 32.1. The predicted molar refractivity (Wildman–Crippen MR) is 122 cm³/mol. The van der Waals surface area contributed by atoms with Crippen LogP contribution in [0, 0.1) is 5.82 Å². The van der Waals surface area contributed by atoms with Crippen molar-refractivity contribution < 1.29 is 9.13 Å². The summed E-state index contributed by atoms with van der Waals surface area (Å²) in [7, 11) is 5.77. The van der Waals surface area contributed by atoms with Gasteiger partial charge in [-0.1, -0.05) is 18.2 Å². The van der Waals surface area contributed by atoms with Gasteiger partial charge in [0.2, 0.25) is 0 Å². The molecule has 0 saturated carbocycles. The molecule has 30 heavy (non-hydrogen) atoms. The number of rotatable bonds is 8. The second kappa shape index (κ2) is 11.4. The number of likely N-dealkylation sites (N-methyl/N-ethyl adjacent to an activating group) is 1. The highest BCUT2D eigenvalue weighted by Crippen LogP contribution is 2.25. The molecular formula is C22H32FN5OS. The number of hydrogen-bond donors (Lipinski definition) is 2. The topological polar surface area (TPSA) is 52.1 Å². The van der Waals surface area contributed by atoms with Crippen molar-refractivity contribution in [2.75, 3.05) is 60.5 Å². The lowest BCUT2D eigenvalue weighted by Gasteiger charge is -2.34. The summed E-state index contributed by atoms with van der Waals surface area (Å²) >= 11 is 1.78. The Bertz CT molecular complexity index is 793. The average molecular weight is 434 g/mol. The zero-order chi connectivity index (χ0) is 21.3. The number of nitrogens with zero attached hydrogens (tertiary/aromatic N) is 3. The van der Waals surface area contributed by atoms with Crippen molar-refractivity contribution in [3.8, 4) is 0 Å². The van der Waals surface area contributed by atoms with Crippen LogP contribution in [0.15, 0.2) is 46.8 Å². The fraction of sp³-hybridized carbons (Fsp3) is 0.500. The number of guanidine groups is 1. The molecular weight excluding hydrogens is 401 g/mol. The molecule has 164 valence electrons. The summed E-state index contributed by atoms with van der Waals surface area (Å²) in [6.07, 6.45) is 0. The Morgan fingerprint density at radius 1 is 1.20 bits per heavy atom. The van der Waals surface area contributed by atoms with E-state index in [1.54, 1.807) is 30.5 Å². The molecule has 0 spiro atoms. The molecule has 2 N–H and O–H groups in total. The zero-order valence-corrected chi connectivity index (χ0v) is 18.8. The van der Waals surface area contributed by atoms with Gasteiger partial charge in [0.05, 0.1) is 25.3 Å². The third kappa shape index (κ3) is 6.25. The maximum absolute atomic E-state index is 13.7. The number of aliphatic imine (C=N–C) groups is 1. The van der Waals surface area contributed by atoms with E-state index in [0.717, 1.165) is 44.4 Å². The number of ether oxygens (including phenoxy) is 1. The minimum Gasteiger partial charge on any atom is -0.379 e.